The number of hydrogen-bond acceptors (Lipinski definition) is 5. The second kappa shape index (κ2) is 4.53. The Morgan fingerprint density at radius 1 is 1.39 bits per heavy atom. The molecule has 18 heavy (non-hydrogen) atoms. The molecule has 6 heteroatoms. The molecular formula is C12H15N5O. The molecule has 2 N–H and O–H groups in total. The van der Waals surface area contributed by atoms with Crippen LogP contribution in [0.5, 0.6) is 0 Å². The van der Waals surface area contributed by atoms with Gasteiger partial charge in [0.1, 0.15) is 11.9 Å². The summed E-state index contributed by atoms with van der Waals surface area (Å²) in [6, 6.07) is 2.13. The summed E-state index contributed by atoms with van der Waals surface area (Å²) in [6.45, 7) is 6.26. The van der Waals surface area contributed by atoms with Crippen molar-refractivity contribution >= 4 is 5.82 Å². The number of nitrogens with two attached hydrogens (primary N) is 1. The van der Waals surface area contributed by atoms with E-state index < -0.39 is 0 Å². The second-order valence-corrected chi connectivity index (χ2v) is 4.22. The van der Waals surface area contributed by atoms with Gasteiger partial charge in [-0.15, -0.1) is 0 Å². The van der Waals surface area contributed by atoms with Crippen molar-refractivity contribution in [2.75, 3.05) is 5.73 Å². The van der Waals surface area contributed by atoms with Crippen molar-refractivity contribution in [2.24, 2.45) is 0 Å². The number of nitriles is 1. The Morgan fingerprint density at radius 2 is 2.11 bits per heavy atom. The lowest BCUT2D eigenvalue weighted by molar-refractivity contribution is 0.368. The van der Waals surface area contributed by atoms with Gasteiger partial charge in [0.2, 0.25) is 5.89 Å². The molecule has 0 saturated heterocycles. The van der Waals surface area contributed by atoms with Crippen molar-refractivity contribution in [1.29, 1.82) is 5.26 Å². The van der Waals surface area contributed by atoms with Gasteiger partial charge in [0.05, 0.1) is 5.56 Å². The van der Waals surface area contributed by atoms with E-state index in [2.05, 4.69) is 16.2 Å². The van der Waals surface area contributed by atoms with Crippen molar-refractivity contribution < 1.29 is 4.52 Å². The van der Waals surface area contributed by atoms with Gasteiger partial charge in [-0.25, -0.2) is 0 Å². The minimum Gasteiger partial charge on any atom is -0.384 e. The zero-order chi connectivity index (χ0) is 13.3. The third-order valence-electron chi connectivity index (χ3n) is 3.10. The molecule has 0 bridgehead atoms. The highest BCUT2D eigenvalue weighted by Gasteiger charge is 2.15. The molecule has 6 nitrogen and oxygen atoms in total. The Bertz CT molecular complexity index is 617. The van der Waals surface area contributed by atoms with Crippen molar-refractivity contribution in [3.63, 3.8) is 0 Å². The highest BCUT2D eigenvalue weighted by molar-refractivity contribution is 5.57. The Hall–Kier alpha value is -2.29. The van der Waals surface area contributed by atoms with E-state index in [4.69, 9.17) is 15.5 Å². The quantitative estimate of drug-likeness (QED) is 0.884. The molecule has 94 valence electrons. The molecule has 2 rings (SSSR count). The van der Waals surface area contributed by atoms with Crippen LogP contribution in [-0.4, -0.2) is 14.7 Å². The molecule has 0 amide bonds. The van der Waals surface area contributed by atoms with Crippen LogP contribution in [0.2, 0.25) is 0 Å². The van der Waals surface area contributed by atoms with Gasteiger partial charge >= 0.3 is 0 Å². The Morgan fingerprint density at radius 3 is 2.61 bits per heavy atom. The zero-order valence-electron chi connectivity index (χ0n) is 10.7. The zero-order valence-corrected chi connectivity index (χ0v) is 10.7. The van der Waals surface area contributed by atoms with E-state index >= 15 is 0 Å². The molecule has 0 aliphatic heterocycles. The van der Waals surface area contributed by atoms with Gasteiger partial charge in [-0.05, 0) is 26.3 Å². The molecule has 0 aliphatic rings. The predicted molar refractivity (Wildman–Crippen MR) is 65.8 cm³/mol. The Balaban J connectivity index is 2.23. The van der Waals surface area contributed by atoms with Gasteiger partial charge in [0, 0.05) is 18.7 Å². The molecule has 0 atom stereocenters. The van der Waals surface area contributed by atoms with Crippen LogP contribution in [0.1, 0.15) is 28.5 Å². The van der Waals surface area contributed by atoms with Crippen molar-refractivity contribution in [3.05, 3.63) is 28.5 Å². The highest BCUT2D eigenvalue weighted by Crippen LogP contribution is 2.23. The molecule has 0 aliphatic carbocycles. The smallest absolute Gasteiger partial charge is 0.228 e. The molecule has 2 aromatic rings. The van der Waals surface area contributed by atoms with Gasteiger partial charge in [-0.2, -0.15) is 10.2 Å². The summed E-state index contributed by atoms with van der Waals surface area (Å²) >= 11 is 0. The molecule has 0 unspecified atom stereocenters. The van der Waals surface area contributed by atoms with Crippen molar-refractivity contribution in [3.8, 4) is 6.07 Å². The average molecular weight is 245 g/mol. The number of nitrogens with zero attached hydrogens (tertiary/aromatic N) is 4. The number of aryl methyl sites for hydroxylation is 2. The van der Waals surface area contributed by atoms with E-state index in [9.17, 15) is 0 Å². The molecule has 2 aromatic heterocycles. The van der Waals surface area contributed by atoms with Gasteiger partial charge in [-0.1, -0.05) is 5.16 Å². The summed E-state index contributed by atoms with van der Waals surface area (Å²) in [5.74, 6) is 1.70. The fourth-order valence-electron chi connectivity index (χ4n) is 1.97. The lowest BCUT2D eigenvalue weighted by Crippen LogP contribution is -2.07. The van der Waals surface area contributed by atoms with E-state index in [0.29, 0.717) is 36.1 Å². The van der Waals surface area contributed by atoms with Crippen molar-refractivity contribution in [1.82, 2.24) is 14.7 Å². The van der Waals surface area contributed by atoms with E-state index in [1.807, 2.05) is 18.4 Å². The van der Waals surface area contributed by atoms with E-state index in [1.54, 1.807) is 6.92 Å². The van der Waals surface area contributed by atoms with Gasteiger partial charge in [0.15, 0.2) is 5.82 Å². The average Bonchev–Trinajstić information content (AvgIpc) is 2.83. The molecule has 0 fully saturated rings. The lowest BCUT2D eigenvalue weighted by Gasteiger charge is -2.06. The number of hydrogen-bond donors (Lipinski definition) is 1. The number of nitrogen functional groups attached to an aromatic ring is 1. The van der Waals surface area contributed by atoms with Crippen molar-refractivity contribution in [2.45, 2.75) is 33.7 Å². The fraction of sp³-hybridized carbons (Fsp3) is 0.417. The summed E-state index contributed by atoms with van der Waals surface area (Å²) in [6.07, 6.45) is 0.602. The first-order valence-electron chi connectivity index (χ1n) is 5.69. The second-order valence-electron chi connectivity index (χ2n) is 4.22. The maximum atomic E-state index is 9.04. The molecule has 0 aromatic carbocycles. The molecular weight excluding hydrogens is 230 g/mol. The molecule has 0 radical (unpaired) electrons. The van der Waals surface area contributed by atoms with E-state index in [0.717, 1.165) is 11.3 Å². The maximum Gasteiger partial charge on any atom is 0.228 e. The lowest BCUT2D eigenvalue weighted by atomic mass is 10.2. The fourth-order valence-corrected chi connectivity index (χ4v) is 1.97. The SMILES string of the molecule is Cc1noc(CCn2c(C)c(C)c(C#N)c2N)n1. The Labute approximate surface area is 105 Å². The highest BCUT2D eigenvalue weighted by atomic mass is 16.5. The van der Waals surface area contributed by atoms with Gasteiger partial charge in [0.25, 0.3) is 0 Å². The van der Waals surface area contributed by atoms with E-state index in [1.165, 1.54) is 0 Å². The largest absolute Gasteiger partial charge is 0.384 e. The number of aromatic nitrogens is 3. The number of rotatable bonds is 3. The van der Waals surface area contributed by atoms with Crippen LogP contribution < -0.4 is 5.73 Å². The first kappa shape index (κ1) is 12.2. The first-order chi connectivity index (χ1) is 8.54. The van der Waals surface area contributed by atoms with Crippen LogP contribution in [0.15, 0.2) is 4.52 Å². The van der Waals surface area contributed by atoms with Crippen LogP contribution in [0.4, 0.5) is 5.82 Å². The molecule has 0 spiro atoms. The topological polar surface area (TPSA) is 93.7 Å². The summed E-state index contributed by atoms with van der Waals surface area (Å²) in [7, 11) is 0. The van der Waals surface area contributed by atoms with Crippen LogP contribution >= 0.6 is 0 Å². The van der Waals surface area contributed by atoms with Crippen LogP contribution in [0.3, 0.4) is 0 Å². The third-order valence-corrected chi connectivity index (χ3v) is 3.10. The van der Waals surface area contributed by atoms with Crippen LogP contribution in [0.25, 0.3) is 0 Å². The summed E-state index contributed by atoms with van der Waals surface area (Å²) in [4.78, 5) is 4.14. The minimum absolute atomic E-state index is 0.503. The summed E-state index contributed by atoms with van der Waals surface area (Å²) in [5.41, 5.74) is 8.44. The third kappa shape index (κ3) is 1.95. The number of anilines is 1. The standard InChI is InChI=1S/C12H15N5O/c1-7-8(2)17(12(14)10(7)6-13)5-4-11-15-9(3)16-18-11/h4-5,14H2,1-3H3. The molecule has 0 saturated carbocycles. The van der Waals surface area contributed by atoms with Gasteiger partial charge < -0.3 is 14.8 Å². The maximum absolute atomic E-state index is 9.04. The summed E-state index contributed by atoms with van der Waals surface area (Å²) in [5, 5.41) is 12.8. The normalized spacial score (nSPS) is 10.6. The van der Waals surface area contributed by atoms with Crippen LogP contribution in [-0.2, 0) is 13.0 Å². The van der Waals surface area contributed by atoms with Gasteiger partial charge in [-0.3, -0.25) is 0 Å². The van der Waals surface area contributed by atoms with E-state index in [-0.39, 0.29) is 0 Å². The van der Waals surface area contributed by atoms with Crippen LogP contribution in [0, 0.1) is 32.1 Å². The summed E-state index contributed by atoms with van der Waals surface area (Å²) < 4.78 is 6.96. The molecule has 2 heterocycles. The predicted octanol–water partition coefficient (Wildman–Crippen LogP) is 1.49. The first-order valence-corrected chi connectivity index (χ1v) is 5.69. The minimum atomic E-state index is 0.503. The monoisotopic (exact) mass is 245 g/mol. The Kier molecular flexibility index (Phi) is 3.06.